The maximum absolute atomic E-state index is 13.8. The lowest BCUT2D eigenvalue weighted by atomic mass is 10.1. The molecule has 1 atom stereocenters. The van der Waals surface area contributed by atoms with Crippen molar-refractivity contribution >= 4 is 21.8 Å². The summed E-state index contributed by atoms with van der Waals surface area (Å²) in [4.78, 5) is 14.0. The van der Waals surface area contributed by atoms with Crippen LogP contribution in [0.3, 0.4) is 0 Å². The van der Waals surface area contributed by atoms with Crippen molar-refractivity contribution in [1.29, 1.82) is 0 Å². The van der Waals surface area contributed by atoms with Gasteiger partial charge in [-0.15, -0.1) is 0 Å². The molecule has 0 radical (unpaired) electrons. The predicted octanol–water partition coefficient (Wildman–Crippen LogP) is 4.55. The van der Waals surface area contributed by atoms with E-state index in [-0.39, 0.29) is 17.8 Å². The maximum atomic E-state index is 13.8. The van der Waals surface area contributed by atoms with Crippen LogP contribution in [0.5, 0.6) is 0 Å². The van der Waals surface area contributed by atoms with Crippen molar-refractivity contribution in [3.8, 4) is 0 Å². The third kappa shape index (κ3) is 3.50. The zero-order valence-corrected chi connectivity index (χ0v) is 13.6. The fourth-order valence-electron chi connectivity index (χ4n) is 2.14. The second-order valence-corrected chi connectivity index (χ2v) is 5.50. The second-order valence-electron chi connectivity index (χ2n) is 4.94. The molecule has 0 spiro atoms. The SMILES string of the molecule is CC(c1ccccc1F)N(C)C(=O)c1ccc(CBr)cc1. The van der Waals surface area contributed by atoms with Gasteiger partial charge in [0, 0.05) is 23.5 Å². The van der Waals surface area contributed by atoms with Crippen molar-refractivity contribution in [2.24, 2.45) is 0 Å². The number of benzene rings is 2. The molecule has 0 aliphatic heterocycles. The molecule has 2 rings (SSSR count). The topological polar surface area (TPSA) is 20.3 Å². The molecule has 21 heavy (non-hydrogen) atoms. The number of amides is 1. The Kier molecular flexibility index (Phi) is 5.12. The summed E-state index contributed by atoms with van der Waals surface area (Å²) in [5.74, 6) is -0.411. The van der Waals surface area contributed by atoms with Crippen LogP contribution in [0, 0.1) is 5.82 Å². The molecule has 0 saturated carbocycles. The van der Waals surface area contributed by atoms with E-state index in [9.17, 15) is 9.18 Å². The molecule has 0 N–H and O–H groups in total. The lowest BCUT2D eigenvalue weighted by Crippen LogP contribution is -2.30. The van der Waals surface area contributed by atoms with Gasteiger partial charge in [-0.05, 0) is 30.7 Å². The molecular weight excluding hydrogens is 333 g/mol. The van der Waals surface area contributed by atoms with Crippen LogP contribution in [-0.4, -0.2) is 17.9 Å². The number of alkyl halides is 1. The fraction of sp³-hybridized carbons (Fsp3) is 0.235. The van der Waals surface area contributed by atoms with Crippen LogP contribution >= 0.6 is 15.9 Å². The monoisotopic (exact) mass is 349 g/mol. The molecule has 0 heterocycles. The number of hydrogen-bond donors (Lipinski definition) is 0. The predicted molar refractivity (Wildman–Crippen MR) is 86.0 cm³/mol. The third-order valence-corrected chi connectivity index (χ3v) is 4.26. The van der Waals surface area contributed by atoms with E-state index in [2.05, 4.69) is 15.9 Å². The summed E-state index contributed by atoms with van der Waals surface area (Å²) in [6, 6.07) is 13.6. The van der Waals surface area contributed by atoms with Gasteiger partial charge in [-0.1, -0.05) is 46.3 Å². The standard InChI is InChI=1S/C17H17BrFNO/c1-12(15-5-3-4-6-16(15)19)20(2)17(21)14-9-7-13(11-18)8-10-14/h3-10,12H,11H2,1-2H3. The van der Waals surface area contributed by atoms with Crippen molar-refractivity contribution in [3.63, 3.8) is 0 Å². The number of nitrogens with zero attached hydrogens (tertiary/aromatic N) is 1. The molecule has 1 unspecified atom stereocenters. The Labute approximate surface area is 132 Å². The molecule has 0 aromatic heterocycles. The molecule has 2 nitrogen and oxygen atoms in total. The minimum Gasteiger partial charge on any atom is -0.335 e. The van der Waals surface area contributed by atoms with Crippen molar-refractivity contribution in [1.82, 2.24) is 4.90 Å². The van der Waals surface area contributed by atoms with Crippen LogP contribution in [0.1, 0.15) is 34.5 Å². The summed E-state index contributed by atoms with van der Waals surface area (Å²) >= 11 is 3.37. The fourth-order valence-corrected chi connectivity index (χ4v) is 2.51. The van der Waals surface area contributed by atoms with E-state index in [4.69, 9.17) is 0 Å². The lowest BCUT2D eigenvalue weighted by molar-refractivity contribution is 0.0740. The first-order valence-electron chi connectivity index (χ1n) is 6.71. The van der Waals surface area contributed by atoms with E-state index in [0.29, 0.717) is 11.1 Å². The maximum Gasteiger partial charge on any atom is 0.254 e. The number of hydrogen-bond acceptors (Lipinski definition) is 1. The second kappa shape index (κ2) is 6.85. The van der Waals surface area contributed by atoms with Gasteiger partial charge in [0.2, 0.25) is 0 Å². The van der Waals surface area contributed by atoms with Crippen molar-refractivity contribution in [3.05, 3.63) is 71.0 Å². The molecule has 0 saturated heterocycles. The molecule has 4 heteroatoms. The molecule has 0 bridgehead atoms. The van der Waals surface area contributed by atoms with Crippen LogP contribution in [0.25, 0.3) is 0 Å². The summed E-state index contributed by atoms with van der Waals surface area (Å²) in [6.45, 7) is 1.82. The summed E-state index contributed by atoms with van der Waals surface area (Å²) in [5, 5.41) is 0.753. The van der Waals surface area contributed by atoms with Crippen LogP contribution in [0.2, 0.25) is 0 Å². The van der Waals surface area contributed by atoms with E-state index < -0.39 is 0 Å². The Morgan fingerprint density at radius 1 is 1.19 bits per heavy atom. The number of rotatable bonds is 4. The molecule has 0 fully saturated rings. The zero-order chi connectivity index (χ0) is 15.4. The van der Waals surface area contributed by atoms with Gasteiger partial charge in [0.05, 0.1) is 6.04 Å². The van der Waals surface area contributed by atoms with Crippen molar-refractivity contribution in [2.45, 2.75) is 18.3 Å². The van der Waals surface area contributed by atoms with Crippen LogP contribution in [-0.2, 0) is 5.33 Å². The van der Waals surface area contributed by atoms with Crippen LogP contribution < -0.4 is 0 Å². The van der Waals surface area contributed by atoms with E-state index in [0.717, 1.165) is 10.9 Å². The highest BCUT2D eigenvalue weighted by molar-refractivity contribution is 9.08. The molecule has 110 valence electrons. The smallest absolute Gasteiger partial charge is 0.254 e. The van der Waals surface area contributed by atoms with E-state index in [1.165, 1.54) is 6.07 Å². The quantitative estimate of drug-likeness (QED) is 0.741. The van der Waals surface area contributed by atoms with Gasteiger partial charge in [-0.2, -0.15) is 0 Å². The largest absolute Gasteiger partial charge is 0.335 e. The Balaban J connectivity index is 2.20. The summed E-state index contributed by atoms with van der Waals surface area (Å²) in [6.07, 6.45) is 0. The molecule has 2 aromatic carbocycles. The van der Waals surface area contributed by atoms with E-state index in [1.807, 2.05) is 19.1 Å². The first-order valence-corrected chi connectivity index (χ1v) is 7.83. The van der Waals surface area contributed by atoms with Crippen molar-refractivity contribution < 1.29 is 9.18 Å². The summed E-state index contributed by atoms with van der Waals surface area (Å²) < 4.78 is 13.8. The Bertz CT molecular complexity index is 627. The van der Waals surface area contributed by atoms with Gasteiger partial charge in [0.1, 0.15) is 5.82 Å². The van der Waals surface area contributed by atoms with Gasteiger partial charge in [0.25, 0.3) is 5.91 Å². The Morgan fingerprint density at radius 2 is 1.81 bits per heavy atom. The van der Waals surface area contributed by atoms with E-state index in [1.54, 1.807) is 42.3 Å². The van der Waals surface area contributed by atoms with Gasteiger partial charge in [-0.3, -0.25) is 4.79 Å². The van der Waals surface area contributed by atoms with Gasteiger partial charge in [0.15, 0.2) is 0 Å². The van der Waals surface area contributed by atoms with Gasteiger partial charge < -0.3 is 4.90 Å². The van der Waals surface area contributed by atoms with Gasteiger partial charge >= 0.3 is 0 Å². The summed E-state index contributed by atoms with van der Waals surface area (Å²) in [7, 11) is 1.69. The van der Waals surface area contributed by atoms with Crippen molar-refractivity contribution in [2.75, 3.05) is 7.05 Å². The highest BCUT2D eigenvalue weighted by Crippen LogP contribution is 2.23. The molecule has 2 aromatic rings. The first-order chi connectivity index (χ1) is 10.0. The van der Waals surface area contributed by atoms with E-state index >= 15 is 0 Å². The first kappa shape index (κ1) is 15.7. The normalized spacial score (nSPS) is 12.0. The number of halogens is 2. The minimum atomic E-state index is -0.324. The highest BCUT2D eigenvalue weighted by Gasteiger charge is 2.20. The lowest BCUT2D eigenvalue weighted by Gasteiger charge is -2.25. The Morgan fingerprint density at radius 3 is 2.38 bits per heavy atom. The van der Waals surface area contributed by atoms with Crippen LogP contribution in [0.15, 0.2) is 48.5 Å². The molecular formula is C17H17BrFNO. The number of carbonyl (C=O) groups is 1. The minimum absolute atomic E-state index is 0.119. The third-order valence-electron chi connectivity index (χ3n) is 3.61. The molecule has 0 aliphatic carbocycles. The van der Waals surface area contributed by atoms with Crippen LogP contribution in [0.4, 0.5) is 4.39 Å². The average Bonchev–Trinajstić information content (AvgIpc) is 2.53. The average molecular weight is 350 g/mol. The molecule has 0 aliphatic rings. The zero-order valence-electron chi connectivity index (χ0n) is 12.0. The molecule has 1 amide bonds. The van der Waals surface area contributed by atoms with Gasteiger partial charge in [-0.25, -0.2) is 4.39 Å². The highest BCUT2D eigenvalue weighted by atomic mass is 79.9. The number of carbonyl (C=O) groups excluding carboxylic acids is 1. The Hall–Kier alpha value is -1.68. The summed E-state index contributed by atoms with van der Waals surface area (Å²) in [5.41, 5.74) is 2.23.